The molecule has 1 saturated heterocycles. The zero-order chi connectivity index (χ0) is 18.8. The summed E-state index contributed by atoms with van der Waals surface area (Å²) in [6.45, 7) is 4.35. The highest BCUT2D eigenvalue weighted by atomic mass is 16.3. The van der Waals surface area contributed by atoms with E-state index in [-0.39, 0.29) is 35.8 Å². The van der Waals surface area contributed by atoms with E-state index in [0.29, 0.717) is 12.2 Å². The minimum atomic E-state index is -0.332. The molecule has 7 nitrogen and oxygen atoms in total. The Morgan fingerprint density at radius 2 is 2.00 bits per heavy atom. The number of carbonyl (C=O) groups is 1. The van der Waals surface area contributed by atoms with Crippen molar-refractivity contribution >= 4 is 11.7 Å². The summed E-state index contributed by atoms with van der Waals surface area (Å²) >= 11 is 0. The lowest BCUT2D eigenvalue weighted by atomic mass is 9.91. The lowest BCUT2D eigenvalue weighted by Crippen LogP contribution is -2.51. The molecule has 140 valence electrons. The second kappa shape index (κ2) is 7.37. The number of nitrogens with zero attached hydrogens (tertiary/aromatic N) is 3. The van der Waals surface area contributed by atoms with Gasteiger partial charge in [0.2, 0.25) is 0 Å². The molecule has 0 radical (unpaired) electrons. The molecule has 2 unspecified atom stereocenters. The summed E-state index contributed by atoms with van der Waals surface area (Å²) in [6, 6.07) is 8.76. The number of rotatable bonds is 3. The maximum absolute atomic E-state index is 12.9. The van der Waals surface area contributed by atoms with Gasteiger partial charge in [-0.05, 0) is 37.8 Å². The molecular formula is C19H26N4O3. The van der Waals surface area contributed by atoms with Crippen LogP contribution in [0.1, 0.15) is 25.5 Å². The predicted octanol–water partition coefficient (Wildman–Crippen LogP) is 2.11. The molecule has 26 heavy (non-hydrogen) atoms. The van der Waals surface area contributed by atoms with Crippen molar-refractivity contribution in [2.45, 2.75) is 32.7 Å². The number of para-hydroxylation sites is 1. The lowest BCUT2D eigenvalue weighted by Gasteiger charge is -2.38. The van der Waals surface area contributed by atoms with Gasteiger partial charge in [-0.2, -0.15) is 0 Å². The van der Waals surface area contributed by atoms with Crippen molar-refractivity contribution in [2.75, 3.05) is 18.5 Å². The first-order valence-electron chi connectivity index (χ1n) is 8.98. The van der Waals surface area contributed by atoms with Gasteiger partial charge in [-0.3, -0.25) is 9.48 Å². The molecule has 2 amide bonds. The van der Waals surface area contributed by atoms with Crippen LogP contribution in [-0.4, -0.2) is 44.6 Å². The van der Waals surface area contributed by atoms with E-state index in [9.17, 15) is 14.7 Å². The fourth-order valence-electron chi connectivity index (χ4n) is 3.67. The van der Waals surface area contributed by atoms with E-state index in [1.54, 1.807) is 23.6 Å². The number of benzene rings is 1. The molecule has 0 aliphatic carbocycles. The number of carbonyl (C=O) groups excluding carboxylic acids is 1. The van der Waals surface area contributed by atoms with Gasteiger partial charge in [0.15, 0.2) is 0 Å². The molecule has 3 rings (SSSR count). The molecule has 2 N–H and O–H groups in total. The fourth-order valence-corrected chi connectivity index (χ4v) is 3.67. The molecule has 1 aromatic carbocycles. The summed E-state index contributed by atoms with van der Waals surface area (Å²) in [7, 11) is 1.79. The number of aromatic nitrogens is 2. The molecule has 1 aliphatic rings. The second-order valence-corrected chi connectivity index (χ2v) is 6.93. The van der Waals surface area contributed by atoms with Crippen LogP contribution in [0.5, 0.6) is 0 Å². The van der Waals surface area contributed by atoms with Crippen molar-refractivity contribution in [1.29, 1.82) is 0 Å². The molecule has 1 aromatic heterocycles. The monoisotopic (exact) mass is 358 g/mol. The van der Waals surface area contributed by atoms with Crippen molar-refractivity contribution in [2.24, 2.45) is 13.0 Å². The van der Waals surface area contributed by atoms with Gasteiger partial charge >= 0.3 is 6.03 Å². The summed E-state index contributed by atoms with van der Waals surface area (Å²) in [4.78, 5) is 27.3. The van der Waals surface area contributed by atoms with E-state index in [4.69, 9.17) is 0 Å². The first-order valence-corrected chi connectivity index (χ1v) is 8.98. The topological polar surface area (TPSA) is 79.5 Å². The molecule has 1 aliphatic heterocycles. The number of piperidine rings is 1. The molecule has 0 spiro atoms. The van der Waals surface area contributed by atoms with Crippen LogP contribution < -0.4 is 10.9 Å². The average molecular weight is 358 g/mol. The van der Waals surface area contributed by atoms with E-state index in [0.717, 1.165) is 18.5 Å². The Morgan fingerprint density at radius 1 is 1.31 bits per heavy atom. The van der Waals surface area contributed by atoms with E-state index < -0.39 is 0 Å². The highest BCUT2D eigenvalue weighted by Crippen LogP contribution is 2.24. The number of amides is 2. The number of nitrogens with one attached hydrogen (secondary N) is 1. The third-order valence-corrected chi connectivity index (χ3v) is 5.35. The summed E-state index contributed by atoms with van der Waals surface area (Å²) in [6.07, 6.45) is 1.88. The molecule has 2 aromatic rings. The number of hydrogen-bond acceptors (Lipinski definition) is 3. The van der Waals surface area contributed by atoms with Crippen LogP contribution in [-0.2, 0) is 7.05 Å². The standard InChI is InChI=1S/C19H26N4O3/c1-13-8-7-11-22(16(13)12-24)19(26)20-17-14(2)21(3)23(18(17)25)15-9-5-4-6-10-15/h4-6,9-10,13,16,24H,7-8,11-12H2,1-3H3,(H,20,26). The molecule has 0 saturated carbocycles. The van der Waals surface area contributed by atoms with Crippen LogP contribution >= 0.6 is 0 Å². The number of urea groups is 1. The SMILES string of the molecule is Cc1c(NC(=O)N2CCCC(C)C2CO)c(=O)n(-c2ccccc2)n1C. The van der Waals surface area contributed by atoms with Crippen molar-refractivity contribution in [3.05, 3.63) is 46.4 Å². The first-order chi connectivity index (χ1) is 12.5. The highest BCUT2D eigenvalue weighted by Gasteiger charge is 2.32. The molecule has 1 fully saturated rings. The Morgan fingerprint density at radius 3 is 2.65 bits per heavy atom. The summed E-state index contributed by atoms with van der Waals surface area (Å²) in [5, 5.41) is 12.4. The van der Waals surface area contributed by atoms with E-state index in [2.05, 4.69) is 5.32 Å². The van der Waals surface area contributed by atoms with Gasteiger partial charge in [-0.1, -0.05) is 25.1 Å². The minimum absolute atomic E-state index is 0.0728. The van der Waals surface area contributed by atoms with Crippen LogP contribution in [0, 0.1) is 12.8 Å². The summed E-state index contributed by atoms with van der Waals surface area (Å²) in [5.41, 5.74) is 1.42. The van der Waals surface area contributed by atoms with Gasteiger partial charge in [0.25, 0.3) is 5.56 Å². The summed E-state index contributed by atoms with van der Waals surface area (Å²) in [5.74, 6) is 0.234. The number of likely N-dealkylation sites (tertiary alicyclic amines) is 1. The van der Waals surface area contributed by atoms with Crippen LogP contribution in [0.4, 0.5) is 10.5 Å². The summed E-state index contributed by atoms with van der Waals surface area (Å²) < 4.78 is 3.27. The Kier molecular flexibility index (Phi) is 5.18. The van der Waals surface area contributed by atoms with Gasteiger partial charge in [-0.15, -0.1) is 0 Å². The van der Waals surface area contributed by atoms with Crippen LogP contribution in [0.2, 0.25) is 0 Å². The largest absolute Gasteiger partial charge is 0.394 e. The van der Waals surface area contributed by atoms with Crippen molar-refractivity contribution < 1.29 is 9.90 Å². The van der Waals surface area contributed by atoms with Gasteiger partial charge in [0.05, 0.1) is 24.0 Å². The zero-order valence-electron chi connectivity index (χ0n) is 15.5. The van der Waals surface area contributed by atoms with Crippen LogP contribution in [0.15, 0.2) is 35.1 Å². The number of hydrogen-bond donors (Lipinski definition) is 2. The first kappa shape index (κ1) is 18.3. The molecule has 7 heteroatoms. The predicted molar refractivity (Wildman–Crippen MR) is 101 cm³/mol. The quantitative estimate of drug-likeness (QED) is 0.882. The van der Waals surface area contributed by atoms with Crippen molar-refractivity contribution in [3.8, 4) is 5.69 Å². The third-order valence-electron chi connectivity index (χ3n) is 5.35. The number of anilines is 1. The van der Waals surface area contributed by atoms with E-state index >= 15 is 0 Å². The second-order valence-electron chi connectivity index (χ2n) is 6.93. The minimum Gasteiger partial charge on any atom is -0.394 e. The van der Waals surface area contributed by atoms with Crippen LogP contribution in [0.3, 0.4) is 0 Å². The molecular weight excluding hydrogens is 332 g/mol. The Bertz CT molecular complexity index is 840. The smallest absolute Gasteiger partial charge is 0.322 e. The zero-order valence-corrected chi connectivity index (χ0v) is 15.5. The van der Waals surface area contributed by atoms with Crippen molar-refractivity contribution in [3.63, 3.8) is 0 Å². The average Bonchev–Trinajstić information content (AvgIpc) is 2.85. The van der Waals surface area contributed by atoms with Gasteiger partial charge in [-0.25, -0.2) is 9.48 Å². The number of aliphatic hydroxyl groups is 1. The van der Waals surface area contributed by atoms with E-state index in [1.807, 2.05) is 37.3 Å². The molecule has 2 atom stereocenters. The lowest BCUT2D eigenvalue weighted by molar-refractivity contribution is 0.0811. The highest BCUT2D eigenvalue weighted by molar-refractivity contribution is 5.90. The Balaban J connectivity index is 1.91. The van der Waals surface area contributed by atoms with Crippen LogP contribution in [0.25, 0.3) is 5.69 Å². The fraction of sp³-hybridized carbons (Fsp3) is 0.474. The number of aliphatic hydroxyl groups excluding tert-OH is 1. The Hall–Kier alpha value is -2.54. The molecule has 2 heterocycles. The van der Waals surface area contributed by atoms with Gasteiger partial charge < -0.3 is 15.3 Å². The van der Waals surface area contributed by atoms with E-state index in [1.165, 1.54) is 4.68 Å². The Labute approximate surface area is 152 Å². The van der Waals surface area contributed by atoms with Gasteiger partial charge in [0.1, 0.15) is 5.69 Å². The molecule has 0 bridgehead atoms. The maximum Gasteiger partial charge on any atom is 0.322 e. The normalized spacial score (nSPS) is 20.2. The third kappa shape index (κ3) is 3.14. The van der Waals surface area contributed by atoms with Crippen molar-refractivity contribution in [1.82, 2.24) is 14.3 Å². The maximum atomic E-state index is 12.9. The van der Waals surface area contributed by atoms with Gasteiger partial charge in [0, 0.05) is 13.6 Å².